The highest BCUT2D eigenvalue weighted by Crippen LogP contribution is 2.29. The van der Waals surface area contributed by atoms with E-state index in [0.717, 1.165) is 22.6 Å². The van der Waals surface area contributed by atoms with Crippen molar-refractivity contribution < 1.29 is 22.4 Å². The van der Waals surface area contributed by atoms with Gasteiger partial charge in [0.2, 0.25) is 0 Å². The van der Waals surface area contributed by atoms with E-state index in [1.807, 2.05) is 6.07 Å². The minimum absolute atomic E-state index is 0.305. The van der Waals surface area contributed by atoms with Crippen LogP contribution in [0.2, 0.25) is 0 Å². The SMILES string of the molecule is CN(CCc1ccc(C(F)(F)F)cc1)C(=O)Nc1ncc(Cc2cccc(F)c2)s1. The number of hydrogen-bond acceptors (Lipinski definition) is 3. The highest BCUT2D eigenvalue weighted by Gasteiger charge is 2.29. The Hall–Kier alpha value is -2.94. The van der Waals surface area contributed by atoms with Crippen molar-refractivity contribution in [1.82, 2.24) is 9.88 Å². The monoisotopic (exact) mass is 437 g/mol. The number of hydrogen-bond donors (Lipinski definition) is 1. The van der Waals surface area contributed by atoms with Gasteiger partial charge in [0.15, 0.2) is 5.13 Å². The van der Waals surface area contributed by atoms with Crippen molar-refractivity contribution >= 4 is 22.5 Å². The topological polar surface area (TPSA) is 45.2 Å². The van der Waals surface area contributed by atoms with Gasteiger partial charge in [-0.2, -0.15) is 13.2 Å². The van der Waals surface area contributed by atoms with Crippen molar-refractivity contribution in [2.75, 3.05) is 18.9 Å². The molecule has 4 nitrogen and oxygen atoms in total. The summed E-state index contributed by atoms with van der Waals surface area (Å²) in [5, 5.41) is 3.12. The molecular formula is C21H19F4N3OS. The summed E-state index contributed by atoms with van der Waals surface area (Å²) in [4.78, 5) is 18.8. The highest BCUT2D eigenvalue weighted by molar-refractivity contribution is 7.15. The summed E-state index contributed by atoms with van der Waals surface area (Å²) in [6.07, 6.45) is -1.80. The van der Waals surface area contributed by atoms with Crippen LogP contribution in [0.1, 0.15) is 21.6 Å². The van der Waals surface area contributed by atoms with Crippen LogP contribution in [0, 0.1) is 5.82 Å². The lowest BCUT2D eigenvalue weighted by Gasteiger charge is -2.17. The zero-order chi connectivity index (χ0) is 21.7. The number of carbonyl (C=O) groups is 1. The van der Waals surface area contributed by atoms with Gasteiger partial charge in [-0.3, -0.25) is 5.32 Å². The predicted octanol–water partition coefficient (Wildman–Crippen LogP) is 5.60. The fourth-order valence-electron chi connectivity index (χ4n) is 2.74. The van der Waals surface area contributed by atoms with Crippen molar-refractivity contribution in [2.45, 2.75) is 19.0 Å². The van der Waals surface area contributed by atoms with Gasteiger partial charge in [0.1, 0.15) is 5.82 Å². The van der Waals surface area contributed by atoms with Crippen LogP contribution in [0.15, 0.2) is 54.7 Å². The first-order chi connectivity index (χ1) is 14.2. The quantitative estimate of drug-likeness (QED) is 0.511. The van der Waals surface area contributed by atoms with Gasteiger partial charge in [-0.25, -0.2) is 14.2 Å². The van der Waals surface area contributed by atoms with Crippen LogP contribution < -0.4 is 5.32 Å². The molecule has 1 heterocycles. The molecule has 0 atom stereocenters. The number of alkyl halides is 3. The first-order valence-electron chi connectivity index (χ1n) is 9.08. The lowest BCUT2D eigenvalue weighted by molar-refractivity contribution is -0.137. The molecule has 158 valence electrons. The van der Waals surface area contributed by atoms with Crippen molar-refractivity contribution in [1.29, 1.82) is 0 Å². The summed E-state index contributed by atoms with van der Waals surface area (Å²) in [5.41, 5.74) is 0.814. The van der Waals surface area contributed by atoms with Crippen LogP contribution in [-0.2, 0) is 19.0 Å². The van der Waals surface area contributed by atoms with E-state index in [2.05, 4.69) is 10.3 Å². The predicted molar refractivity (Wildman–Crippen MR) is 108 cm³/mol. The van der Waals surface area contributed by atoms with E-state index in [0.29, 0.717) is 30.1 Å². The maximum atomic E-state index is 13.3. The summed E-state index contributed by atoms with van der Waals surface area (Å²) < 4.78 is 51.1. The van der Waals surface area contributed by atoms with Gasteiger partial charge in [0.25, 0.3) is 0 Å². The second kappa shape index (κ2) is 9.25. The third-order valence-electron chi connectivity index (χ3n) is 4.40. The lowest BCUT2D eigenvalue weighted by atomic mass is 10.1. The number of benzene rings is 2. The molecule has 0 radical (unpaired) electrons. The highest BCUT2D eigenvalue weighted by atomic mass is 32.1. The van der Waals surface area contributed by atoms with E-state index < -0.39 is 11.7 Å². The molecule has 2 amide bonds. The number of likely N-dealkylation sites (N-methyl/N-ethyl adjacent to an activating group) is 1. The van der Waals surface area contributed by atoms with Crippen molar-refractivity contribution in [3.8, 4) is 0 Å². The number of aromatic nitrogens is 1. The molecule has 0 aliphatic heterocycles. The molecular weight excluding hydrogens is 418 g/mol. The number of halogens is 4. The number of nitrogens with one attached hydrogen (secondary N) is 1. The number of anilines is 1. The Kier molecular flexibility index (Phi) is 6.71. The number of rotatable bonds is 6. The Balaban J connectivity index is 1.50. The van der Waals surface area contributed by atoms with E-state index in [1.165, 1.54) is 40.5 Å². The first kappa shape index (κ1) is 21.8. The molecule has 0 unspecified atom stereocenters. The lowest BCUT2D eigenvalue weighted by Crippen LogP contribution is -2.32. The second-order valence-electron chi connectivity index (χ2n) is 6.73. The van der Waals surface area contributed by atoms with E-state index in [4.69, 9.17) is 0 Å². The van der Waals surface area contributed by atoms with Crippen molar-refractivity contribution in [2.24, 2.45) is 0 Å². The fourth-order valence-corrected chi connectivity index (χ4v) is 3.58. The summed E-state index contributed by atoms with van der Waals surface area (Å²) >= 11 is 1.30. The van der Waals surface area contributed by atoms with Crippen molar-refractivity contribution in [3.63, 3.8) is 0 Å². The number of carbonyl (C=O) groups excluding carboxylic acids is 1. The molecule has 0 saturated heterocycles. The molecule has 2 aromatic carbocycles. The van der Waals surface area contributed by atoms with Crippen LogP contribution in [0.4, 0.5) is 27.5 Å². The minimum atomic E-state index is -4.36. The molecule has 0 saturated carbocycles. The van der Waals surface area contributed by atoms with Crippen LogP contribution >= 0.6 is 11.3 Å². The first-order valence-corrected chi connectivity index (χ1v) is 9.90. The third kappa shape index (κ3) is 6.03. The van der Waals surface area contributed by atoms with Gasteiger partial charge in [0.05, 0.1) is 5.56 Å². The van der Waals surface area contributed by atoms with Gasteiger partial charge < -0.3 is 4.90 Å². The summed E-state index contributed by atoms with van der Waals surface area (Å²) in [6.45, 7) is 0.332. The van der Waals surface area contributed by atoms with Crippen LogP contribution in [0.5, 0.6) is 0 Å². The van der Waals surface area contributed by atoms with Crippen LogP contribution in [0.25, 0.3) is 0 Å². The Labute approximate surface area is 175 Å². The molecule has 0 aliphatic rings. The molecule has 9 heteroatoms. The summed E-state index contributed by atoms with van der Waals surface area (Å²) in [5.74, 6) is -0.305. The zero-order valence-electron chi connectivity index (χ0n) is 16.0. The van der Waals surface area contributed by atoms with E-state index >= 15 is 0 Å². The normalized spacial score (nSPS) is 11.4. The van der Waals surface area contributed by atoms with Gasteiger partial charge >= 0.3 is 12.2 Å². The molecule has 3 rings (SSSR count). The van der Waals surface area contributed by atoms with Gasteiger partial charge in [-0.15, -0.1) is 11.3 Å². The fraction of sp³-hybridized carbons (Fsp3) is 0.238. The molecule has 0 aliphatic carbocycles. The van der Waals surface area contributed by atoms with Gasteiger partial charge in [-0.05, 0) is 41.8 Å². The smallest absolute Gasteiger partial charge is 0.327 e. The number of urea groups is 1. The van der Waals surface area contributed by atoms with Gasteiger partial charge in [-0.1, -0.05) is 24.3 Å². The minimum Gasteiger partial charge on any atom is -0.327 e. The number of thiazole rings is 1. The van der Waals surface area contributed by atoms with E-state index in [9.17, 15) is 22.4 Å². The molecule has 1 N–H and O–H groups in total. The Morgan fingerprint density at radius 3 is 2.53 bits per heavy atom. The summed E-state index contributed by atoms with van der Waals surface area (Å²) in [6, 6.07) is 10.8. The largest absolute Gasteiger partial charge is 0.416 e. The average molecular weight is 437 g/mol. The molecule has 0 spiro atoms. The summed E-state index contributed by atoms with van der Waals surface area (Å²) in [7, 11) is 1.60. The van der Waals surface area contributed by atoms with Crippen LogP contribution in [-0.4, -0.2) is 29.5 Å². The van der Waals surface area contributed by atoms with E-state index in [-0.39, 0.29) is 11.8 Å². The standard InChI is InChI=1S/C21H19F4N3OS/c1-28(10-9-14-5-7-16(8-6-14)21(23,24)25)20(29)27-19-26-13-18(30-19)12-15-3-2-4-17(22)11-15/h2-8,11,13H,9-10,12H2,1H3,(H,26,27,29). The van der Waals surface area contributed by atoms with Gasteiger partial charge in [0, 0.05) is 31.1 Å². The molecule has 0 fully saturated rings. The number of amides is 2. The zero-order valence-corrected chi connectivity index (χ0v) is 16.9. The van der Waals surface area contributed by atoms with E-state index in [1.54, 1.807) is 19.3 Å². The second-order valence-corrected chi connectivity index (χ2v) is 7.85. The Morgan fingerprint density at radius 1 is 1.13 bits per heavy atom. The Bertz CT molecular complexity index is 1000. The molecule has 3 aromatic rings. The molecule has 30 heavy (non-hydrogen) atoms. The maximum absolute atomic E-state index is 13.3. The molecule has 1 aromatic heterocycles. The Morgan fingerprint density at radius 2 is 1.87 bits per heavy atom. The number of nitrogens with zero attached hydrogens (tertiary/aromatic N) is 2. The average Bonchev–Trinajstić information content (AvgIpc) is 3.12. The molecule has 0 bridgehead atoms. The van der Waals surface area contributed by atoms with Crippen molar-refractivity contribution in [3.05, 3.63) is 82.1 Å². The van der Waals surface area contributed by atoms with Crippen LogP contribution in [0.3, 0.4) is 0 Å². The maximum Gasteiger partial charge on any atom is 0.416 e. The third-order valence-corrected chi connectivity index (χ3v) is 5.31.